The first kappa shape index (κ1) is 14.9. The summed E-state index contributed by atoms with van der Waals surface area (Å²) >= 11 is 3.44. The third-order valence-corrected chi connectivity index (χ3v) is 4.79. The molecule has 0 amide bonds. The van der Waals surface area contributed by atoms with Crippen LogP contribution < -0.4 is 5.32 Å². The summed E-state index contributed by atoms with van der Waals surface area (Å²) in [7, 11) is 2.06. The lowest BCUT2D eigenvalue weighted by molar-refractivity contribution is 0.110. The quantitative estimate of drug-likeness (QED) is 0.902. The van der Waals surface area contributed by atoms with E-state index in [1.54, 1.807) is 0 Å². The smallest absolute Gasteiger partial charge is 0.0420 e. The summed E-state index contributed by atoms with van der Waals surface area (Å²) in [6.07, 6.45) is 5.50. The van der Waals surface area contributed by atoms with E-state index < -0.39 is 0 Å². The van der Waals surface area contributed by atoms with Crippen LogP contribution in [-0.2, 0) is 6.42 Å². The van der Waals surface area contributed by atoms with E-state index in [-0.39, 0.29) is 5.54 Å². The van der Waals surface area contributed by atoms with E-state index in [1.165, 1.54) is 25.9 Å². The lowest BCUT2D eigenvalue weighted by atomic mass is 9.89. The van der Waals surface area contributed by atoms with Crippen LogP contribution in [0.25, 0.3) is 0 Å². The third kappa shape index (κ3) is 3.56. The molecule has 1 aromatic heterocycles. The van der Waals surface area contributed by atoms with E-state index in [1.807, 2.05) is 6.20 Å². The van der Waals surface area contributed by atoms with Crippen molar-refractivity contribution in [3.63, 3.8) is 0 Å². The molecule has 0 bridgehead atoms. The van der Waals surface area contributed by atoms with Crippen LogP contribution in [0.2, 0.25) is 0 Å². The molecule has 1 fully saturated rings. The summed E-state index contributed by atoms with van der Waals surface area (Å²) in [5.41, 5.74) is 1.31. The Morgan fingerprint density at radius 3 is 2.58 bits per heavy atom. The van der Waals surface area contributed by atoms with Crippen molar-refractivity contribution >= 4 is 15.9 Å². The summed E-state index contributed by atoms with van der Waals surface area (Å²) < 4.78 is 1.04. The maximum Gasteiger partial charge on any atom is 0.0420 e. The molecule has 1 saturated heterocycles. The standard InChI is InChI=1S/C15H24BrN3/c1-15(2,19-8-4-5-9-19)14(17-3)10-13-7-6-12(16)11-18-13/h6-7,11,14,17H,4-5,8-10H2,1-3H3. The molecule has 1 aromatic rings. The molecule has 1 aliphatic rings. The molecule has 3 nitrogen and oxygen atoms in total. The first-order chi connectivity index (χ1) is 9.04. The van der Waals surface area contributed by atoms with Crippen LogP contribution in [0.15, 0.2) is 22.8 Å². The maximum absolute atomic E-state index is 4.50. The van der Waals surface area contributed by atoms with Crippen LogP contribution >= 0.6 is 15.9 Å². The zero-order valence-electron chi connectivity index (χ0n) is 12.1. The fourth-order valence-electron chi connectivity index (χ4n) is 2.96. The van der Waals surface area contributed by atoms with Gasteiger partial charge in [-0.1, -0.05) is 0 Å². The maximum atomic E-state index is 4.50. The monoisotopic (exact) mass is 325 g/mol. The number of likely N-dealkylation sites (N-methyl/N-ethyl adjacent to an activating group) is 1. The number of hydrogen-bond acceptors (Lipinski definition) is 3. The Kier molecular flexibility index (Phi) is 4.98. The Balaban J connectivity index is 2.08. The number of aromatic nitrogens is 1. The molecule has 0 aromatic carbocycles. The van der Waals surface area contributed by atoms with Crippen LogP contribution in [0, 0.1) is 0 Å². The van der Waals surface area contributed by atoms with Crippen molar-refractivity contribution < 1.29 is 0 Å². The molecule has 1 aliphatic heterocycles. The van der Waals surface area contributed by atoms with Gasteiger partial charge in [0, 0.05) is 34.4 Å². The fourth-order valence-corrected chi connectivity index (χ4v) is 3.19. The molecule has 1 N–H and O–H groups in total. The van der Waals surface area contributed by atoms with Gasteiger partial charge in [-0.3, -0.25) is 9.88 Å². The summed E-state index contributed by atoms with van der Waals surface area (Å²) in [6, 6.07) is 4.59. The van der Waals surface area contributed by atoms with Gasteiger partial charge in [-0.15, -0.1) is 0 Å². The van der Waals surface area contributed by atoms with Crippen LogP contribution in [-0.4, -0.2) is 41.6 Å². The summed E-state index contributed by atoms with van der Waals surface area (Å²) in [6.45, 7) is 7.13. The predicted octanol–water partition coefficient (Wildman–Crippen LogP) is 2.85. The number of nitrogens with one attached hydrogen (secondary N) is 1. The van der Waals surface area contributed by atoms with Crippen LogP contribution in [0.3, 0.4) is 0 Å². The van der Waals surface area contributed by atoms with E-state index in [2.05, 4.69) is 64.2 Å². The first-order valence-corrected chi connectivity index (χ1v) is 7.86. The molecule has 0 saturated carbocycles. The van der Waals surface area contributed by atoms with Gasteiger partial charge in [0.05, 0.1) is 0 Å². The van der Waals surface area contributed by atoms with Crippen molar-refractivity contribution in [3.8, 4) is 0 Å². The minimum Gasteiger partial charge on any atom is -0.315 e. The molecular weight excluding hydrogens is 302 g/mol. The summed E-state index contributed by atoms with van der Waals surface area (Å²) in [5.74, 6) is 0. The zero-order valence-corrected chi connectivity index (χ0v) is 13.7. The van der Waals surface area contributed by atoms with Gasteiger partial charge < -0.3 is 5.32 Å². The number of pyridine rings is 1. The van der Waals surface area contributed by atoms with Gasteiger partial charge in [0.25, 0.3) is 0 Å². The van der Waals surface area contributed by atoms with E-state index in [0.29, 0.717) is 6.04 Å². The zero-order chi connectivity index (χ0) is 13.9. The van der Waals surface area contributed by atoms with Crippen LogP contribution in [0.4, 0.5) is 0 Å². The van der Waals surface area contributed by atoms with Crippen molar-refractivity contribution in [2.45, 2.75) is 44.7 Å². The first-order valence-electron chi connectivity index (χ1n) is 7.07. The van der Waals surface area contributed by atoms with E-state index in [4.69, 9.17) is 0 Å². The Morgan fingerprint density at radius 2 is 2.05 bits per heavy atom. The fraction of sp³-hybridized carbons (Fsp3) is 0.667. The van der Waals surface area contributed by atoms with E-state index in [0.717, 1.165) is 16.6 Å². The molecule has 0 radical (unpaired) electrons. The van der Waals surface area contributed by atoms with Crippen LogP contribution in [0.5, 0.6) is 0 Å². The van der Waals surface area contributed by atoms with Gasteiger partial charge >= 0.3 is 0 Å². The molecule has 4 heteroatoms. The second kappa shape index (κ2) is 6.33. The van der Waals surface area contributed by atoms with Gasteiger partial charge in [-0.25, -0.2) is 0 Å². The molecule has 1 unspecified atom stereocenters. The van der Waals surface area contributed by atoms with Crippen LogP contribution in [0.1, 0.15) is 32.4 Å². The highest BCUT2D eigenvalue weighted by Crippen LogP contribution is 2.26. The Bertz CT molecular complexity index is 396. The van der Waals surface area contributed by atoms with Gasteiger partial charge in [0.2, 0.25) is 0 Å². The molecule has 2 rings (SSSR count). The van der Waals surface area contributed by atoms with Gasteiger partial charge in [0.15, 0.2) is 0 Å². The minimum atomic E-state index is 0.167. The number of hydrogen-bond donors (Lipinski definition) is 1. The average molecular weight is 326 g/mol. The second-order valence-corrected chi connectivity index (χ2v) is 6.78. The molecule has 106 valence electrons. The lowest BCUT2D eigenvalue weighted by Crippen LogP contribution is -2.57. The summed E-state index contributed by atoms with van der Waals surface area (Å²) in [4.78, 5) is 7.10. The Morgan fingerprint density at radius 1 is 1.37 bits per heavy atom. The van der Waals surface area contributed by atoms with Crippen molar-refractivity contribution in [2.24, 2.45) is 0 Å². The largest absolute Gasteiger partial charge is 0.315 e. The molecule has 19 heavy (non-hydrogen) atoms. The van der Waals surface area contributed by atoms with Crippen molar-refractivity contribution in [2.75, 3.05) is 20.1 Å². The lowest BCUT2D eigenvalue weighted by Gasteiger charge is -2.42. The van der Waals surface area contributed by atoms with Crippen molar-refractivity contribution in [3.05, 3.63) is 28.5 Å². The highest BCUT2D eigenvalue weighted by atomic mass is 79.9. The summed E-state index contributed by atoms with van der Waals surface area (Å²) in [5, 5.41) is 3.49. The molecule has 0 spiro atoms. The Hall–Kier alpha value is -0.450. The normalized spacial score (nSPS) is 18.7. The molecule has 1 atom stereocenters. The molecular formula is C15H24BrN3. The Labute approximate surface area is 124 Å². The SMILES string of the molecule is CNC(Cc1ccc(Br)cn1)C(C)(C)N1CCCC1. The average Bonchev–Trinajstić information content (AvgIpc) is 2.92. The van der Waals surface area contributed by atoms with Gasteiger partial charge in [0.1, 0.15) is 0 Å². The number of nitrogens with zero attached hydrogens (tertiary/aromatic N) is 2. The minimum absolute atomic E-state index is 0.167. The van der Waals surface area contributed by atoms with Crippen molar-refractivity contribution in [1.29, 1.82) is 0 Å². The molecule has 0 aliphatic carbocycles. The van der Waals surface area contributed by atoms with E-state index in [9.17, 15) is 0 Å². The molecule has 2 heterocycles. The third-order valence-electron chi connectivity index (χ3n) is 4.32. The highest BCUT2D eigenvalue weighted by molar-refractivity contribution is 9.10. The highest BCUT2D eigenvalue weighted by Gasteiger charge is 2.36. The predicted molar refractivity (Wildman–Crippen MR) is 83.4 cm³/mol. The van der Waals surface area contributed by atoms with Crippen molar-refractivity contribution in [1.82, 2.24) is 15.2 Å². The van der Waals surface area contributed by atoms with E-state index >= 15 is 0 Å². The second-order valence-electron chi connectivity index (χ2n) is 5.86. The number of likely N-dealkylation sites (tertiary alicyclic amines) is 1. The number of halogens is 1. The number of rotatable bonds is 5. The van der Waals surface area contributed by atoms with Gasteiger partial charge in [-0.05, 0) is 74.9 Å². The van der Waals surface area contributed by atoms with Gasteiger partial charge in [-0.2, -0.15) is 0 Å². The topological polar surface area (TPSA) is 28.2 Å².